The predicted octanol–water partition coefficient (Wildman–Crippen LogP) is 17.5. The maximum absolute atomic E-state index is 12.8. The molecule has 0 radical (unpaired) electrons. The zero-order chi connectivity index (χ0) is 51.3. The Bertz CT molecular complexity index is 1320. The van der Waals surface area contributed by atoms with Gasteiger partial charge in [-0.1, -0.05) is 229 Å². The van der Waals surface area contributed by atoms with Crippen molar-refractivity contribution in [3.63, 3.8) is 0 Å². The number of hydrogen-bond acceptors (Lipinski definition) is 8. The van der Waals surface area contributed by atoms with E-state index in [1.54, 1.807) is 0 Å². The minimum atomic E-state index is -4.65. The highest BCUT2D eigenvalue weighted by Crippen LogP contribution is 2.38. The van der Waals surface area contributed by atoms with Crippen LogP contribution in [0.4, 0.5) is 0 Å². The summed E-state index contributed by atoms with van der Waals surface area (Å²) in [6.07, 6.45) is 64.7. The first-order valence-electron chi connectivity index (χ1n) is 29.3. The molecule has 0 aliphatic heterocycles. The number of nitrogens with zero attached hydrogens (tertiary/aromatic N) is 1. The molecule has 0 aromatic carbocycles. The Labute approximate surface area is 433 Å². The molecule has 0 aromatic rings. The van der Waals surface area contributed by atoms with Gasteiger partial charge in [0.25, 0.3) is 7.82 Å². The van der Waals surface area contributed by atoms with Gasteiger partial charge in [-0.3, -0.25) is 14.2 Å². The number of allylic oxidation sites excluding steroid dienone is 8. The number of phosphoric ester groups is 1. The lowest BCUT2D eigenvalue weighted by Crippen LogP contribution is -2.37. The van der Waals surface area contributed by atoms with Crippen molar-refractivity contribution in [1.29, 1.82) is 0 Å². The summed E-state index contributed by atoms with van der Waals surface area (Å²) in [5.41, 5.74) is 0. The third kappa shape index (κ3) is 55.3. The Morgan fingerprint density at radius 3 is 1.10 bits per heavy atom. The van der Waals surface area contributed by atoms with Gasteiger partial charge in [-0.15, -0.1) is 0 Å². The molecule has 0 saturated carbocycles. The van der Waals surface area contributed by atoms with Crippen LogP contribution >= 0.6 is 7.82 Å². The van der Waals surface area contributed by atoms with E-state index in [2.05, 4.69) is 62.5 Å². The summed E-state index contributed by atoms with van der Waals surface area (Å²) in [7, 11) is 1.13. The number of phosphoric acid groups is 1. The second-order valence-corrected chi connectivity index (χ2v) is 22.4. The van der Waals surface area contributed by atoms with E-state index in [-0.39, 0.29) is 26.1 Å². The van der Waals surface area contributed by atoms with Crippen LogP contribution < -0.4 is 4.89 Å². The molecule has 410 valence electrons. The molecule has 0 rings (SSSR count). The summed E-state index contributed by atoms with van der Waals surface area (Å²) < 4.78 is 34.0. The van der Waals surface area contributed by atoms with Crippen molar-refractivity contribution < 1.29 is 42.1 Å². The minimum absolute atomic E-state index is 0.0439. The molecule has 0 saturated heterocycles. The minimum Gasteiger partial charge on any atom is -0.756 e. The number of quaternary nitrogens is 1. The number of ether oxygens (including phenoxy) is 2. The first-order chi connectivity index (χ1) is 34.0. The Kier molecular flexibility index (Phi) is 50.4. The van der Waals surface area contributed by atoms with Crippen molar-refractivity contribution in [2.24, 2.45) is 0 Å². The largest absolute Gasteiger partial charge is 0.756 e. The molecule has 70 heavy (non-hydrogen) atoms. The second kappa shape index (κ2) is 51.9. The van der Waals surface area contributed by atoms with Gasteiger partial charge in [0.15, 0.2) is 6.10 Å². The van der Waals surface area contributed by atoms with E-state index < -0.39 is 32.5 Å². The average molecular weight is 1010 g/mol. The van der Waals surface area contributed by atoms with Gasteiger partial charge in [0, 0.05) is 12.8 Å². The van der Waals surface area contributed by atoms with Crippen LogP contribution in [0.25, 0.3) is 0 Å². The van der Waals surface area contributed by atoms with Crippen molar-refractivity contribution in [1.82, 2.24) is 0 Å². The highest BCUT2D eigenvalue weighted by Gasteiger charge is 2.21. The fourth-order valence-corrected chi connectivity index (χ4v) is 8.96. The first-order valence-corrected chi connectivity index (χ1v) is 30.8. The van der Waals surface area contributed by atoms with Gasteiger partial charge in [0.1, 0.15) is 19.8 Å². The number of rotatable bonds is 54. The Morgan fingerprint density at radius 1 is 0.429 bits per heavy atom. The number of likely N-dealkylation sites (N-methyl/N-ethyl adjacent to an activating group) is 1. The van der Waals surface area contributed by atoms with E-state index in [0.717, 1.165) is 51.4 Å². The molecular formula is C60H112NO8P. The van der Waals surface area contributed by atoms with Crippen LogP contribution in [0.1, 0.15) is 271 Å². The highest BCUT2D eigenvalue weighted by molar-refractivity contribution is 7.45. The summed E-state index contributed by atoms with van der Waals surface area (Å²) in [5.74, 6) is -0.925. The number of unbranched alkanes of at least 4 members (excludes halogenated alkanes) is 32. The van der Waals surface area contributed by atoms with Crippen LogP contribution in [0.15, 0.2) is 48.6 Å². The molecular weight excluding hydrogens is 894 g/mol. The van der Waals surface area contributed by atoms with E-state index in [0.29, 0.717) is 23.9 Å². The maximum atomic E-state index is 12.8. The van der Waals surface area contributed by atoms with E-state index in [4.69, 9.17) is 18.5 Å². The van der Waals surface area contributed by atoms with Gasteiger partial charge in [0.2, 0.25) is 0 Å². The molecule has 10 heteroatoms. The van der Waals surface area contributed by atoms with Crippen LogP contribution in [0.2, 0.25) is 0 Å². The van der Waals surface area contributed by atoms with Gasteiger partial charge < -0.3 is 27.9 Å². The molecule has 0 N–H and O–H groups in total. The smallest absolute Gasteiger partial charge is 0.306 e. The SMILES string of the molecule is CCCCCCCCCCCCCCCC/C=C\CC/C=C\CCCC(=O)OCC(COP(=O)([O-])OCC[N+](C)(C)C)OC(=O)CCC/C=C\CC/C=C\CCCCCCCCCCCCCCCC. The molecule has 2 atom stereocenters. The number of carbonyl (C=O) groups excluding carboxylic acids is 2. The van der Waals surface area contributed by atoms with Gasteiger partial charge in [-0.05, 0) is 77.0 Å². The Morgan fingerprint density at radius 2 is 0.743 bits per heavy atom. The predicted molar refractivity (Wildman–Crippen MR) is 296 cm³/mol. The molecule has 9 nitrogen and oxygen atoms in total. The summed E-state index contributed by atoms with van der Waals surface area (Å²) in [4.78, 5) is 37.8. The van der Waals surface area contributed by atoms with Crippen LogP contribution in [0, 0.1) is 0 Å². The standard InChI is InChI=1S/C60H112NO8P/c1-6-8-10-12-14-16-18-20-22-24-26-28-30-32-34-36-38-40-42-44-46-48-50-52-59(62)66-56-58(57-68-70(64,65)67-55-54-61(3,4)5)69-60(63)53-51-49-47-45-43-41-39-37-35-33-31-29-27-25-23-21-19-17-15-13-11-9-7-2/h36-39,44-47,58H,6-35,40-43,48-57H2,1-5H3/b38-36-,39-37-,46-44-,47-45-. The van der Waals surface area contributed by atoms with E-state index in [9.17, 15) is 19.0 Å². The van der Waals surface area contributed by atoms with Crippen LogP contribution in [0.5, 0.6) is 0 Å². The molecule has 0 heterocycles. The normalized spacial score (nSPS) is 13.6. The molecule has 0 aromatic heterocycles. The third-order valence-corrected chi connectivity index (χ3v) is 13.7. The number of hydrogen-bond donors (Lipinski definition) is 0. The lowest BCUT2D eigenvalue weighted by molar-refractivity contribution is -0.870. The van der Waals surface area contributed by atoms with Crippen molar-refractivity contribution >= 4 is 19.8 Å². The summed E-state index contributed by atoms with van der Waals surface area (Å²) in [6, 6.07) is 0. The van der Waals surface area contributed by atoms with E-state index in [1.165, 1.54) is 180 Å². The molecule has 0 bridgehead atoms. The molecule has 0 aliphatic carbocycles. The van der Waals surface area contributed by atoms with Crippen molar-refractivity contribution in [2.45, 2.75) is 277 Å². The lowest BCUT2D eigenvalue weighted by atomic mass is 10.0. The summed E-state index contributed by atoms with van der Waals surface area (Å²) in [5, 5.41) is 0. The van der Waals surface area contributed by atoms with Crippen molar-refractivity contribution in [3.8, 4) is 0 Å². The Balaban J connectivity index is 4.26. The number of esters is 2. The molecule has 0 fully saturated rings. The van der Waals surface area contributed by atoms with Crippen LogP contribution in [-0.4, -0.2) is 70.0 Å². The zero-order valence-electron chi connectivity index (χ0n) is 46.5. The maximum Gasteiger partial charge on any atom is 0.306 e. The topological polar surface area (TPSA) is 111 Å². The second-order valence-electron chi connectivity index (χ2n) is 21.0. The third-order valence-electron chi connectivity index (χ3n) is 12.8. The van der Waals surface area contributed by atoms with Crippen molar-refractivity contribution in [3.05, 3.63) is 48.6 Å². The van der Waals surface area contributed by atoms with Crippen molar-refractivity contribution in [2.75, 3.05) is 47.5 Å². The average Bonchev–Trinajstić information content (AvgIpc) is 3.32. The van der Waals surface area contributed by atoms with Gasteiger partial charge >= 0.3 is 11.9 Å². The molecule has 2 unspecified atom stereocenters. The lowest BCUT2D eigenvalue weighted by Gasteiger charge is -2.28. The fraction of sp³-hybridized carbons (Fsp3) is 0.833. The van der Waals surface area contributed by atoms with E-state index in [1.807, 2.05) is 21.1 Å². The first kappa shape index (κ1) is 68.0. The monoisotopic (exact) mass is 1010 g/mol. The summed E-state index contributed by atoms with van der Waals surface area (Å²) in [6.45, 7) is 4.19. The molecule has 0 spiro atoms. The van der Waals surface area contributed by atoms with Gasteiger partial charge in [-0.25, -0.2) is 0 Å². The zero-order valence-corrected chi connectivity index (χ0v) is 47.4. The summed E-state index contributed by atoms with van der Waals surface area (Å²) >= 11 is 0. The van der Waals surface area contributed by atoms with E-state index >= 15 is 0 Å². The van der Waals surface area contributed by atoms with Gasteiger partial charge in [-0.2, -0.15) is 0 Å². The quantitative estimate of drug-likeness (QED) is 0.0195. The molecule has 0 aliphatic rings. The Hall–Kier alpha value is -2.03. The van der Waals surface area contributed by atoms with Gasteiger partial charge in [0.05, 0.1) is 27.7 Å². The number of carbonyl (C=O) groups is 2. The highest BCUT2D eigenvalue weighted by atomic mass is 31.2. The fourth-order valence-electron chi connectivity index (χ4n) is 8.23. The van der Waals surface area contributed by atoms with Crippen LogP contribution in [0.3, 0.4) is 0 Å². The molecule has 0 amide bonds. The van der Waals surface area contributed by atoms with Crippen LogP contribution in [-0.2, 0) is 32.7 Å².